The van der Waals surface area contributed by atoms with Gasteiger partial charge < -0.3 is 14.8 Å². The second-order valence-corrected chi connectivity index (χ2v) is 7.85. The third-order valence-corrected chi connectivity index (χ3v) is 5.74. The van der Waals surface area contributed by atoms with Crippen LogP contribution in [0, 0.1) is 6.92 Å². The largest absolute Gasteiger partial charge is 0.497 e. The second kappa shape index (κ2) is 9.76. The zero-order valence-corrected chi connectivity index (χ0v) is 18.1. The van der Waals surface area contributed by atoms with E-state index >= 15 is 0 Å². The van der Waals surface area contributed by atoms with Crippen LogP contribution in [0.15, 0.2) is 47.8 Å². The quantitative estimate of drug-likeness (QED) is 0.551. The highest BCUT2D eigenvalue weighted by atomic mass is 35.5. The smallest absolute Gasteiger partial charge is 0.260 e. The number of carbonyl (C=O) groups is 1. The Morgan fingerprint density at radius 2 is 1.93 bits per heavy atom. The topological polar surface area (TPSA) is 60.5 Å². The average molecular weight is 431 g/mol. The normalized spacial score (nSPS) is 11.7. The Morgan fingerprint density at radius 1 is 1.21 bits per heavy atom. The zero-order chi connectivity index (χ0) is 20.8. The number of aryl methyl sites for hydroxylation is 1. The molecule has 3 rings (SSSR count). The van der Waals surface area contributed by atoms with Crippen LogP contribution >= 0.6 is 22.9 Å². The lowest BCUT2D eigenvalue weighted by molar-refractivity contribution is -0.127. The van der Waals surface area contributed by atoms with E-state index in [1.165, 1.54) is 0 Å². The second-order valence-electron chi connectivity index (χ2n) is 6.58. The maximum absolute atomic E-state index is 12.3. The maximum atomic E-state index is 12.3. The maximum Gasteiger partial charge on any atom is 0.260 e. The summed E-state index contributed by atoms with van der Waals surface area (Å²) in [6.45, 7) is 4.12. The predicted molar refractivity (Wildman–Crippen MR) is 117 cm³/mol. The fourth-order valence-electron chi connectivity index (χ4n) is 2.69. The molecule has 0 spiro atoms. The molecule has 7 heteroatoms. The van der Waals surface area contributed by atoms with Crippen LogP contribution in [0.3, 0.4) is 0 Å². The summed E-state index contributed by atoms with van der Waals surface area (Å²) in [6.07, 6.45) is 0.0615. The highest BCUT2D eigenvalue weighted by molar-refractivity contribution is 7.13. The first-order valence-electron chi connectivity index (χ1n) is 9.25. The minimum atomic E-state index is -0.596. The van der Waals surface area contributed by atoms with Crippen LogP contribution in [0.25, 0.3) is 10.6 Å². The van der Waals surface area contributed by atoms with Crippen molar-refractivity contribution in [2.45, 2.75) is 26.4 Å². The van der Waals surface area contributed by atoms with Crippen molar-refractivity contribution in [1.29, 1.82) is 0 Å². The number of rotatable bonds is 8. The minimum absolute atomic E-state index is 0.164. The Labute approximate surface area is 179 Å². The molecule has 1 heterocycles. The van der Waals surface area contributed by atoms with Crippen molar-refractivity contribution in [3.63, 3.8) is 0 Å². The van der Waals surface area contributed by atoms with Gasteiger partial charge in [-0.05, 0) is 61.9 Å². The van der Waals surface area contributed by atoms with Gasteiger partial charge >= 0.3 is 0 Å². The summed E-state index contributed by atoms with van der Waals surface area (Å²) in [4.78, 5) is 16.9. The monoisotopic (exact) mass is 430 g/mol. The number of amides is 1. The van der Waals surface area contributed by atoms with Gasteiger partial charge in [0, 0.05) is 28.9 Å². The Morgan fingerprint density at radius 3 is 2.62 bits per heavy atom. The third kappa shape index (κ3) is 5.71. The van der Waals surface area contributed by atoms with Crippen LogP contribution in [0.1, 0.15) is 18.2 Å². The van der Waals surface area contributed by atoms with E-state index in [0.29, 0.717) is 23.7 Å². The number of hydrogen-bond acceptors (Lipinski definition) is 5. The Bertz CT molecular complexity index is 972. The fourth-order valence-corrected chi connectivity index (χ4v) is 3.67. The van der Waals surface area contributed by atoms with Crippen LogP contribution < -0.4 is 14.8 Å². The van der Waals surface area contributed by atoms with E-state index in [4.69, 9.17) is 21.1 Å². The van der Waals surface area contributed by atoms with Gasteiger partial charge in [0.05, 0.1) is 12.8 Å². The van der Waals surface area contributed by atoms with Crippen LogP contribution in [-0.4, -0.2) is 30.6 Å². The standard InChI is InChI=1S/C22H23ClN2O3S/c1-14-12-19(8-9-20(14)23)28-15(2)21(26)24-11-10-17-13-29-22(25-17)16-4-6-18(27-3)7-5-16/h4-9,12-13,15H,10-11H2,1-3H3,(H,24,26). The molecule has 1 atom stereocenters. The first-order valence-corrected chi connectivity index (χ1v) is 10.5. The molecule has 0 fully saturated rings. The molecule has 0 radical (unpaired) electrons. The molecule has 0 aliphatic carbocycles. The number of hydrogen-bond donors (Lipinski definition) is 1. The average Bonchev–Trinajstić information content (AvgIpc) is 3.19. The van der Waals surface area contributed by atoms with Crippen molar-refractivity contribution in [2.75, 3.05) is 13.7 Å². The molecule has 1 N–H and O–H groups in total. The molecular formula is C22H23ClN2O3S. The molecule has 0 aliphatic heterocycles. The van der Waals surface area contributed by atoms with Gasteiger partial charge in [0.2, 0.25) is 0 Å². The van der Waals surface area contributed by atoms with Gasteiger partial charge in [-0.15, -0.1) is 11.3 Å². The molecule has 152 valence electrons. The van der Waals surface area contributed by atoms with Crippen LogP contribution in [-0.2, 0) is 11.2 Å². The molecule has 0 saturated heterocycles. The Balaban J connectivity index is 1.48. The number of benzene rings is 2. The summed E-state index contributed by atoms with van der Waals surface area (Å²) in [6, 6.07) is 13.2. The number of ether oxygens (including phenoxy) is 2. The highest BCUT2D eigenvalue weighted by Crippen LogP contribution is 2.26. The van der Waals surface area contributed by atoms with Crippen LogP contribution in [0.2, 0.25) is 5.02 Å². The number of halogens is 1. The van der Waals surface area contributed by atoms with Crippen molar-refractivity contribution in [1.82, 2.24) is 10.3 Å². The van der Waals surface area contributed by atoms with Gasteiger partial charge in [0.25, 0.3) is 5.91 Å². The third-order valence-electron chi connectivity index (χ3n) is 4.38. The summed E-state index contributed by atoms with van der Waals surface area (Å²) in [7, 11) is 1.65. The first-order chi connectivity index (χ1) is 14.0. The van der Waals surface area contributed by atoms with Crippen molar-refractivity contribution in [3.8, 4) is 22.1 Å². The van der Waals surface area contributed by atoms with E-state index in [1.54, 1.807) is 37.5 Å². The van der Waals surface area contributed by atoms with Gasteiger partial charge in [-0.25, -0.2) is 4.98 Å². The van der Waals surface area contributed by atoms with Crippen molar-refractivity contribution >= 4 is 28.8 Å². The molecule has 5 nitrogen and oxygen atoms in total. The summed E-state index contributed by atoms with van der Waals surface area (Å²) >= 11 is 7.60. The lowest BCUT2D eigenvalue weighted by atomic mass is 10.2. The molecule has 0 saturated carbocycles. The summed E-state index contributed by atoms with van der Waals surface area (Å²) < 4.78 is 10.9. The van der Waals surface area contributed by atoms with E-state index < -0.39 is 6.10 Å². The van der Waals surface area contributed by atoms with Crippen LogP contribution in [0.4, 0.5) is 0 Å². The van der Waals surface area contributed by atoms with E-state index in [9.17, 15) is 4.79 Å². The first kappa shape index (κ1) is 21.1. The molecule has 1 aromatic heterocycles. The number of aromatic nitrogens is 1. The predicted octanol–water partition coefficient (Wildman–Crippen LogP) is 4.91. The zero-order valence-electron chi connectivity index (χ0n) is 16.6. The highest BCUT2D eigenvalue weighted by Gasteiger charge is 2.15. The Kier molecular flexibility index (Phi) is 7.12. The fraction of sp³-hybridized carbons (Fsp3) is 0.273. The lowest BCUT2D eigenvalue weighted by Gasteiger charge is -2.15. The molecule has 2 aromatic carbocycles. The molecule has 0 bridgehead atoms. The number of thiazole rings is 1. The number of methoxy groups -OCH3 is 1. The van der Waals surface area contributed by atoms with Crippen molar-refractivity contribution < 1.29 is 14.3 Å². The van der Waals surface area contributed by atoms with Gasteiger partial charge in [0.1, 0.15) is 16.5 Å². The van der Waals surface area contributed by atoms with Gasteiger partial charge in [-0.3, -0.25) is 4.79 Å². The molecule has 1 amide bonds. The molecule has 0 aliphatic rings. The van der Waals surface area contributed by atoms with E-state index in [-0.39, 0.29) is 5.91 Å². The van der Waals surface area contributed by atoms with Crippen molar-refractivity contribution in [3.05, 3.63) is 64.1 Å². The summed E-state index contributed by atoms with van der Waals surface area (Å²) in [5.74, 6) is 1.28. The summed E-state index contributed by atoms with van der Waals surface area (Å²) in [5, 5.41) is 6.54. The van der Waals surface area contributed by atoms with Crippen LogP contribution in [0.5, 0.6) is 11.5 Å². The lowest BCUT2D eigenvalue weighted by Crippen LogP contribution is -2.37. The van der Waals surface area contributed by atoms with Gasteiger partial charge in [0.15, 0.2) is 6.10 Å². The van der Waals surface area contributed by atoms with Crippen molar-refractivity contribution in [2.24, 2.45) is 0 Å². The van der Waals surface area contributed by atoms with Gasteiger partial charge in [-0.1, -0.05) is 11.6 Å². The number of nitrogens with zero attached hydrogens (tertiary/aromatic N) is 1. The number of carbonyl (C=O) groups excluding carboxylic acids is 1. The Hall–Kier alpha value is -2.57. The summed E-state index contributed by atoms with van der Waals surface area (Å²) in [5.41, 5.74) is 2.90. The van der Waals surface area contributed by atoms with Gasteiger partial charge in [-0.2, -0.15) is 0 Å². The molecule has 1 unspecified atom stereocenters. The van der Waals surface area contributed by atoms with E-state index in [2.05, 4.69) is 10.3 Å². The molecule has 3 aromatic rings. The molecule has 29 heavy (non-hydrogen) atoms. The van der Waals surface area contributed by atoms with E-state index in [1.807, 2.05) is 42.6 Å². The molecular weight excluding hydrogens is 408 g/mol. The van der Waals surface area contributed by atoms with E-state index in [0.717, 1.165) is 27.6 Å². The minimum Gasteiger partial charge on any atom is -0.497 e. The number of nitrogens with one attached hydrogen (secondary N) is 1. The SMILES string of the molecule is COc1ccc(-c2nc(CCNC(=O)C(C)Oc3ccc(Cl)c(C)c3)cs2)cc1.